The Bertz CT molecular complexity index is 1060. The third-order valence-corrected chi connectivity index (χ3v) is 6.16. The minimum Gasteiger partial charge on any atom is -0.459 e. The Morgan fingerprint density at radius 2 is 2.00 bits per heavy atom. The lowest BCUT2D eigenvalue weighted by molar-refractivity contribution is -0.384. The molecule has 0 unspecified atom stereocenters. The summed E-state index contributed by atoms with van der Waals surface area (Å²) in [6, 6.07) is 5.72. The summed E-state index contributed by atoms with van der Waals surface area (Å²) in [7, 11) is 0. The third-order valence-electron chi connectivity index (χ3n) is 5.27. The fourth-order valence-electron chi connectivity index (χ4n) is 3.67. The molecule has 1 fully saturated rings. The largest absolute Gasteiger partial charge is 0.459 e. The Labute approximate surface area is 189 Å². The molecule has 4 rings (SSSR count). The number of hydrogen-bond acceptors (Lipinski definition) is 8. The summed E-state index contributed by atoms with van der Waals surface area (Å²) < 4.78 is 5.49. The predicted molar refractivity (Wildman–Crippen MR) is 120 cm³/mol. The van der Waals surface area contributed by atoms with Gasteiger partial charge >= 0.3 is 5.97 Å². The maximum absolute atomic E-state index is 13.1. The van der Waals surface area contributed by atoms with Crippen molar-refractivity contribution in [3.8, 4) is 0 Å². The molecule has 2 heterocycles. The number of rotatable bonds is 7. The Morgan fingerprint density at radius 3 is 2.59 bits per heavy atom. The molecular weight excluding hydrogens is 432 g/mol. The van der Waals surface area contributed by atoms with Gasteiger partial charge in [-0.1, -0.05) is 11.8 Å². The number of nitro groups is 1. The summed E-state index contributed by atoms with van der Waals surface area (Å²) in [6.07, 6.45) is 1.82. The van der Waals surface area contributed by atoms with Gasteiger partial charge in [0.05, 0.1) is 34.8 Å². The maximum Gasteiger partial charge on any atom is 0.338 e. The topological polar surface area (TPSA) is 114 Å². The molecule has 1 saturated carbocycles. The monoisotopic (exact) mass is 456 g/mol. The number of nitro benzene ring substituents is 1. The van der Waals surface area contributed by atoms with E-state index in [4.69, 9.17) is 4.74 Å². The number of carbonyl (C=O) groups is 2. The summed E-state index contributed by atoms with van der Waals surface area (Å²) in [5.41, 5.74) is 2.23. The zero-order chi connectivity index (χ0) is 23.0. The van der Waals surface area contributed by atoms with Gasteiger partial charge in [-0.05, 0) is 56.7 Å². The van der Waals surface area contributed by atoms with Crippen LogP contribution < -0.4 is 5.32 Å². The molecule has 3 aliphatic rings. The van der Waals surface area contributed by atoms with E-state index in [0.29, 0.717) is 22.0 Å². The van der Waals surface area contributed by atoms with Crippen LogP contribution in [0.2, 0.25) is 0 Å². The molecule has 0 radical (unpaired) electrons. The summed E-state index contributed by atoms with van der Waals surface area (Å²) >= 11 is 1.39. The fraction of sp³-hybridized carbons (Fsp3) is 0.409. The molecule has 168 valence electrons. The van der Waals surface area contributed by atoms with Crippen LogP contribution in [0.4, 0.5) is 5.69 Å². The number of benzene rings is 1. The van der Waals surface area contributed by atoms with E-state index in [0.717, 1.165) is 18.5 Å². The molecule has 10 heteroatoms. The summed E-state index contributed by atoms with van der Waals surface area (Å²) in [5, 5.41) is 16.6. The van der Waals surface area contributed by atoms with E-state index < -0.39 is 16.9 Å². The second-order valence-corrected chi connectivity index (χ2v) is 9.05. The van der Waals surface area contributed by atoms with Crippen molar-refractivity contribution < 1.29 is 19.2 Å². The van der Waals surface area contributed by atoms with Gasteiger partial charge in [0, 0.05) is 23.9 Å². The molecular formula is C22H24N4O5S. The van der Waals surface area contributed by atoms with Gasteiger partial charge in [-0.25, -0.2) is 9.79 Å². The lowest BCUT2D eigenvalue weighted by atomic mass is 9.93. The van der Waals surface area contributed by atoms with Crippen LogP contribution in [0, 0.1) is 10.1 Å². The van der Waals surface area contributed by atoms with Gasteiger partial charge in [-0.15, -0.1) is 0 Å². The number of amides is 1. The van der Waals surface area contributed by atoms with Gasteiger partial charge in [0.1, 0.15) is 0 Å². The number of nitrogens with one attached hydrogen (secondary N) is 1. The Morgan fingerprint density at radius 1 is 1.31 bits per heavy atom. The highest BCUT2D eigenvalue weighted by atomic mass is 32.2. The lowest BCUT2D eigenvalue weighted by Gasteiger charge is -2.36. The van der Waals surface area contributed by atoms with Crippen molar-refractivity contribution in [1.29, 1.82) is 0 Å². The number of allylic oxidation sites excluding steroid dienone is 1. The number of aliphatic imine (C=N–C) groups is 1. The zero-order valence-corrected chi connectivity index (χ0v) is 18.8. The minimum atomic E-state index is -0.607. The summed E-state index contributed by atoms with van der Waals surface area (Å²) in [5.74, 6) is -0.581. The molecule has 1 aromatic carbocycles. The Balaban J connectivity index is 1.72. The first kappa shape index (κ1) is 22.1. The Hall–Kier alpha value is -3.14. The highest BCUT2D eigenvalue weighted by Gasteiger charge is 2.41. The molecule has 0 saturated heterocycles. The van der Waals surface area contributed by atoms with Crippen LogP contribution in [0.3, 0.4) is 0 Å². The number of nitrogens with zero attached hydrogens (tertiary/aromatic N) is 3. The van der Waals surface area contributed by atoms with Gasteiger partial charge in [-0.2, -0.15) is 0 Å². The van der Waals surface area contributed by atoms with E-state index in [1.165, 1.54) is 23.9 Å². The normalized spacial score (nSPS) is 20.0. The third kappa shape index (κ3) is 4.55. The van der Waals surface area contributed by atoms with E-state index in [-0.39, 0.29) is 30.2 Å². The second kappa shape index (κ2) is 8.78. The minimum absolute atomic E-state index is 0.0409. The zero-order valence-electron chi connectivity index (χ0n) is 18.0. The second-order valence-electron chi connectivity index (χ2n) is 8.21. The quantitative estimate of drug-likeness (QED) is 0.377. The van der Waals surface area contributed by atoms with Crippen molar-refractivity contribution in [2.75, 3.05) is 0 Å². The highest BCUT2D eigenvalue weighted by molar-refractivity contribution is 8.16. The summed E-state index contributed by atoms with van der Waals surface area (Å²) in [6.45, 7) is 5.29. The molecule has 1 aliphatic carbocycles. The SMILES string of the molecule is CC1=C(C(=O)OC(C)C)[C@@H](c2ccc([N+](=O)[O-])cc2)N2C(CC(=O)NC3CC3)=CSC2=N1. The number of non-ortho nitro benzene ring substituents is 1. The highest BCUT2D eigenvalue weighted by Crippen LogP contribution is 2.45. The molecule has 1 N–H and O–H groups in total. The molecule has 2 aliphatic heterocycles. The van der Waals surface area contributed by atoms with E-state index in [1.807, 2.05) is 10.3 Å². The number of fused-ring (bicyclic) bond motifs is 1. The van der Waals surface area contributed by atoms with Crippen molar-refractivity contribution >= 4 is 34.5 Å². The van der Waals surface area contributed by atoms with Crippen molar-refractivity contribution in [3.05, 3.63) is 62.3 Å². The van der Waals surface area contributed by atoms with E-state index in [9.17, 15) is 19.7 Å². The molecule has 32 heavy (non-hydrogen) atoms. The predicted octanol–water partition coefficient (Wildman–Crippen LogP) is 3.79. The van der Waals surface area contributed by atoms with Crippen molar-refractivity contribution in [2.45, 2.75) is 58.2 Å². The average molecular weight is 457 g/mol. The van der Waals surface area contributed by atoms with Crippen LogP contribution in [-0.4, -0.2) is 39.0 Å². The maximum atomic E-state index is 13.1. The first-order valence-corrected chi connectivity index (χ1v) is 11.3. The van der Waals surface area contributed by atoms with Crippen molar-refractivity contribution in [2.24, 2.45) is 4.99 Å². The Kier molecular flexibility index (Phi) is 6.05. The van der Waals surface area contributed by atoms with Crippen LogP contribution in [-0.2, 0) is 14.3 Å². The molecule has 0 bridgehead atoms. The fourth-order valence-corrected chi connectivity index (χ4v) is 4.64. The van der Waals surface area contributed by atoms with Crippen molar-refractivity contribution in [1.82, 2.24) is 10.2 Å². The number of carbonyl (C=O) groups excluding carboxylic acids is 2. The van der Waals surface area contributed by atoms with Gasteiger partial charge in [0.25, 0.3) is 5.69 Å². The van der Waals surface area contributed by atoms with Crippen LogP contribution >= 0.6 is 11.8 Å². The molecule has 0 spiro atoms. The van der Waals surface area contributed by atoms with E-state index in [1.54, 1.807) is 32.9 Å². The lowest BCUT2D eigenvalue weighted by Crippen LogP contribution is -2.38. The molecule has 9 nitrogen and oxygen atoms in total. The van der Waals surface area contributed by atoms with Crippen molar-refractivity contribution in [3.63, 3.8) is 0 Å². The number of ether oxygens (including phenoxy) is 1. The number of esters is 1. The van der Waals surface area contributed by atoms with Gasteiger partial charge in [0.15, 0.2) is 5.17 Å². The van der Waals surface area contributed by atoms with Gasteiger partial charge < -0.3 is 15.0 Å². The van der Waals surface area contributed by atoms with Gasteiger partial charge in [0.2, 0.25) is 5.91 Å². The van der Waals surface area contributed by atoms with Crippen LogP contribution in [0.1, 0.15) is 51.6 Å². The summed E-state index contributed by atoms with van der Waals surface area (Å²) in [4.78, 5) is 42.7. The van der Waals surface area contributed by atoms with E-state index >= 15 is 0 Å². The van der Waals surface area contributed by atoms with E-state index in [2.05, 4.69) is 10.3 Å². The number of amidine groups is 1. The smallest absolute Gasteiger partial charge is 0.338 e. The van der Waals surface area contributed by atoms with Crippen LogP contribution in [0.5, 0.6) is 0 Å². The van der Waals surface area contributed by atoms with Gasteiger partial charge in [-0.3, -0.25) is 14.9 Å². The number of thioether (sulfide) groups is 1. The molecule has 1 amide bonds. The molecule has 0 aromatic heterocycles. The first-order valence-electron chi connectivity index (χ1n) is 10.4. The van der Waals surface area contributed by atoms with Crippen LogP contribution in [0.15, 0.2) is 51.6 Å². The average Bonchev–Trinajstić information content (AvgIpc) is 3.45. The number of hydrogen-bond donors (Lipinski definition) is 1. The first-order chi connectivity index (χ1) is 15.2. The molecule has 1 aromatic rings. The standard InChI is InChI=1S/C22H24N4O5S/c1-12(2)31-21(28)19-13(3)23-22-25(17(11-32-22)10-18(27)24-15-6-7-15)20(19)14-4-8-16(9-5-14)26(29)30/h4-5,8-9,11-12,15,20H,6-7,10H2,1-3H3,(H,24,27)/t20-/m1/s1. The molecule has 1 atom stereocenters. The van der Waals surface area contributed by atoms with Crippen LogP contribution in [0.25, 0.3) is 0 Å².